The van der Waals surface area contributed by atoms with Gasteiger partial charge in [0.05, 0.1) is 0 Å². The Morgan fingerprint density at radius 3 is 2.26 bits per heavy atom. The number of fused-ring (bicyclic) bond motifs is 1. The van der Waals surface area contributed by atoms with Gasteiger partial charge >= 0.3 is 0 Å². The number of hydrogen-bond donors (Lipinski definition) is 7. The number of aromatic hydroxyl groups is 5. The van der Waals surface area contributed by atoms with Crippen molar-refractivity contribution in [3.05, 3.63) is 41.5 Å². The summed E-state index contributed by atoms with van der Waals surface area (Å²) in [5, 5.41) is 59.4. The Labute approximate surface area is 151 Å². The minimum atomic E-state index is -2.42. The van der Waals surface area contributed by atoms with E-state index < -0.39 is 34.7 Å². The molecule has 0 aromatic heterocycles. The Balaban J connectivity index is 2.17. The van der Waals surface area contributed by atoms with Crippen molar-refractivity contribution in [2.45, 2.75) is 12.7 Å². The minimum Gasteiger partial charge on any atom is -0.508 e. The second-order valence-electron chi connectivity index (χ2n) is 5.77. The van der Waals surface area contributed by atoms with Gasteiger partial charge in [0.25, 0.3) is 0 Å². The average molecular weight is 377 g/mol. The summed E-state index contributed by atoms with van der Waals surface area (Å²) < 4.78 is 5.52. The number of aliphatic hydroxyl groups is 1. The molecule has 3 rings (SSSR count). The molecule has 142 valence electrons. The lowest BCUT2D eigenvalue weighted by Gasteiger charge is -2.32. The van der Waals surface area contributed by atoms with Gasteiger partial charge in [-0.05, 0) is 12.1 Å². The number of amides is 1. The third kappa shape index (κ3) is 3.26. The molecule has 0 spiro atoms. The molecule has 0 radical (unpaired) electrons. The maximum absolute atomic E-state index is 11.2. The minimum absolute atomic E-state index is 0.0149. The Bertz CT molecular complexity index is 946. The van der Waals surface area contributed by atoms with Crippen LogP contribution < -0.4 is 10.2 Å². The summed E-state index contributed by atoms with van der Waals surface area (Å²) in [6, 6.07) is 4.08. The van der Waals surface area contributed by atoms with Gasteiger partial charge in [-0.3, -0.25) is 4.79 Å². The van der Waals surface area contributed by atoms with E-state index in [1.807, 2.05) is 5.48 Å². The molecule has 1 amide bonds. The highest BCUT2D eigenvalue weighted by atomic mass is 16.7. The number of nitrogens with one attached hydrogen (secondary N) is 1. The van der Waals surface area contributed by atoms with Crippen LogP contribution in [0.25, 0.3) is 5.76 Å². The molecular formula is C17H15NO9. The van der Waals surface area contributed by atoms with Gasteiger partial charge in [-0.25, -0.2) is 10.3 Å². The quantitative estimate of drug-likeness (QED) is 0.233. The highest BCUT2D eigenvalue weighted by molar-refractivity contribution is 5.73. The summed E-state index contributed by atoms with van der Waals surface area (Å²) >= 11 is 0. The normalized spacial score (nSPS) is 18.2. The standard InChI is InChI=1S/C17H15NO9/c1-7(19)18-27-17(25)6-14(8-2-11(22)16(24)12(23)3-8)26-13-5-9(20)4-10(21)15(13)17/h2-6,20-25H,1H3,(H,18,19). The molecule has 2 aromatic rings. The molecule has 7 N–H and O–H groups in total. The SMILES string of the molecule is CC(=O)NOC1(O)C=C(c2cc(O)c(O)c(O)c2)Oc2cc(O)cc(O)c21. The molecule has 1 aliphatic rings. The van der Waals surface area contributed by atoms with E-state index in [-0.39, 0.29) is 28.4 Å². The van der Waals surface area contributed by atoms with Gasteiger partial charge in [0.1, 0.15) is 28.6 Å². The third-order valence-electron chi connectivity index (χ3n) is 3.68. The van der Waals surface area contributed by atoms with Gasteiger partial charge in [-0.1, -0.05) is 0 Å². The largest absolute Gasteiger partial charge is 0.508 e. The summed E-state index contributed by atoms with van der Waals surface area (Å²) in [5.74, 6) is -6.50. The number of ether oxygens (including phenoxy) is 1. The Morgan fingerprint density at radius 1 is 1.04 bits per heavy atom. The molecule has 27 heavy (non-hydrogen) atoms. The molecule has 1 aliphatic heterocycles. The van der Waals surface area contributed by atoms with E-state index in [4.69, 9.17) is 9.57 Å². The number of phenolic OH excluding ortho intramolecular Hbond substituents is 5. The zero-order valence-corrected chi connectivity index (χ0v) is 13.8. The molecule has 0 saturated heterocycles. The Hall–Kier alpha value is -3.63. The van der Waals surface area contributed by atoms with Crippen LogP contribution in [0.1, 0.15) is 18.1 Å². The van der Waals surface area contributed by atoms with Crippen molar-refractivity contribution in [1.29, 1.82) is 0 Å². The van der Waals surface area contributed by atoms with E-state index in [9.17, 15) is 35.4 Å². The van der Waals surface area contributed by atoms with E-state index in [1.54, 1.807) is 0 Å². The molecule has 1 atom stereocenters. The Morgan fingerprint density at radius 2 is 1.67 bits per heavy atom. The van der Waals surface area contributed by atoms with Crippen LogP contribution in [0, 0.1) is 0 Å². The van der Waals surface area contributed by atoms with Crippen LogP contribution in [-0.2, 0) is 15.4 Å². The first-order valence-electron chi connectivity index (χ1n) is 7.50. The Kier molecular flexibility index (Phi) is 4.22. The number of carbonyl (C=O) groups excluding carboxylic acids is 1. The van der Waals surface area contributed by atoms with Crippen molar-refractivity contribution in [3.8, 4) is 34.5 Å². The smallest absolute Gasteiger partial charge is 0.248 e. The lowest BCUT2D eigenvalue weighted by atomic mass is 9.97. The van der Waals surface area contributed by atoms with Crippen LogP contribution in [0.5, 0.6) is 34.5 Å². The molecule has 10 nitrogen and oxygen atoms in total. The van der Waals surface area contributed by atoms with Gasteiger partial charge in [-0.15, -0.1) is 0 Å². The van der Waals surface area contributed by atoms with Crippen LogP contribution in [-0.4, -0.2) is 36.5 Å². The van der Waals surface area contributed by atoms with E-state index >= 15 is 0 Å². The number of carbonyl (C=O) groups is 1. The predicted molar refractivity (Wildman–Crippen MR) is 88.6 cm³/mol. The summed E-state index contributed by atoms with van der Waals surface area (Å²) in [5.41, 5.74) is 1.65. The number of hydrogen-bond acceptors (Lipinski definition) is 9. The molecule has 0 bridgehead atoms. The van der Waals surface area contributed by atoms with Crippen LogP contribution in [0.4, 0.5) is 0 Å². The topological polar surface area (TPSA) is 169 Å². The molecule has 0 saturated carbocycles. The number of phenols is 5. The highest BCUT2D eigenvalue weighted by Crippen LogP contribution is 2.48. The van der Waals surface area contributed by atoms with Crippen molar-refractivity contribution >= 4 is 11.7 Å². The molecule has 1 heterocycles. The number of hydroxylamine groups is 1. The van der Waals surface area contributed by atoms with E-state index in [1.165, 1.54) is 0 Å². The van der Waals surface area contributed by atoms with Gasteiger partial charge in [0, 0.05) is 30.7 Å². The number of benzene rings is 2. The molecule has 2 aromatic carbocycles. The first kappa shape index (κ1) is 18.2. The second-order valence-corrected chi connectivity index (χ2v) is 5.77. The van der Waals surface area contributed by atoms with E-state index in [0.717, 1.165) is 37.3 Å². The fourth-order valence-electron chi connectivity index (χ4n) is 2.54. The third-order valence-corrected chi connectivity index (χ3v) is 3.68. The van der Waals surface area contributed by atoms with Crippen molar-refractivity contribution in [2.75, 3.05) is 0 Å². The molecule has 0 aliphatic carbocycles. The van der Waals surface area contributed by atoms with Gasteiger partial charge < -0.3 is 35.4 Å². The van der Waals surface area contributed by atoms with Gasteiger partial charge in [0.2, 0.25) is 11.7 Å². The molecular weight excluding hydrogens is 362 g/mol. The van der Waals surface area contributed by atoms with Crippen LogP contribution in [0.3, 0.4) is 0 Å². The first-order chi connectivity index (χ1) is 12.6. The van der Waals surface area contributed by atoms with Gasteiger partial charge in [-0.2, -0.15) is 0 Å². The van der Waals surface area contributed by atoms with Crippen molar-refractivity contribution in [1.82, 2.24) is 5.48 Å². The molecule has 0 fully saturated rings. The zero-order valence-electron chi connectivity index (χ0n) is 13.8. The summed E-state index contributed by atoms with van der Waals surface area (Å²) in [4.78, 5) is 16.2. The number of rotatable bonds is 3. The summed E-state index contributed by atoms with van der Waals surface area (Å²) in [6.07, 6.45) is 0.952. The van der Waals surface area contributed by atoms with Crippen LogP contribution in [0.2, 0.25) is 0 Å². The summed E-state index contributed by atoms with van der Waals surface area (Å²) in [6.45, 7) is 1.13. The van der Waals surface area contributed by atoms with Crippen molar-refractivity contribution in [2.24, 2.45) is 0 Å². The fourth-order valence-corrected chi connectivity index (χ4v) is 2.54. The van der Waals surface area contributed by atoms with Crippen LogP contribution in [0.15, 0.2) is 30.3 Å². The summed E-state index contributed by atoms with van der Waals surface area (Å²) in [7, 11) is 0. The predicted octanol–water partition coefficient (Wildman–Crippen LogP) is 0.861. The lowest BCUT2D eigenvalue weighted by molar-refractivity contribution is -0.218. The highest BCUT2D eigenvalue weighted by Gasteiger charge is 2.41. The van der Waals surface area contributed by atoms with Crippen molar-refractivity contribution in [3.63, 3.8) is 0 Å². The maximum Gasteiger partial charge on any atom is 0.248 e. The molecule has 1 unspecified atom stereocenters. The van der Waals surface area contributed by atoms with Gasteiger partial charge in [0.15, 0.2) is 17.2 Å². The fraction of sp³-hybridized carbons (Fsp3) is 0.118. The monoisotopic (exact) mass is 377 g/mol. The van der Waals surface area contributed by atoms with E-state index in [0.29, 0.717) is 0 Å². The molecule has 10 heteroatoms. The maximum atomic E-state index is 11.2. The average Bonchev–Trinajstić information content (AvgIpc) is 2.56. The first-order valence-corrected chi connectivity index (χ1v) is 7.50. The lowest BCUT2D eigenvalue weighted by Crippen LogP contribution is -2.38. The van der Waals surface area contributed by atoms with Crippen molar-refractivity contribution < 1.29 is 45.0 Å². The van der Waals surface area contributed by atoms with E-state index in [2.05, 4.69) is 0 Å². The zero-order chi connectivity index (χ0) is 19.9. The van der Waals surface area contributed by atoms with Crippen LogP contribution >= 0.6 is 0 Å². The second kappa shape index (κ2) is 6.27.